The van der Waals surface area contributed by atoms with Crippen LogP contribution in [-0.2, 0) is 0 Å². The maximum atomic E-state index is 4.19. The van der Waals surface area contributed by atoms with Crippen LogP contribution in [0.1, 0.15) is 4.88 Å². The highest BCUT2D eigenvalue weighted by Gasteiger charge is 2.12. The zero-order chi connectivity index (χ0) is 13.1. The number of hydrogen-bond acceptors (Lipinski definition) is 4. The molecule has 3 nitrogen and oxygen atoms in total. The SMILES string of the molecule is CN1C=CC(=C/C=C2/C=NN=C2c2cccs2)C=C1. The molecular weight excluding hydrogens is 254 g/mol. The minimum absolute atomic E-state index is 0.952. The molecule has 0 N–H and O–H groups in total. The van der Waals surface area contributed by atoms with Crippen molar-refractivity contribution in [1.82, 2.24) is 4.90 Å². The molecule has 0 aliphatic carbocycles. The van der Waals surface area contributed by atoms with Crippen molar-refractivity contribution in [3.05, 3.63) is 70.2 Å². The van der Waals surface area contributed by atoms with Crippen molar-refractivity contribution < 1.29 is 0 Å². The summed E-state index contributed by atoms with van der Waals surface area (Å²) in [6.45, 7) is 0. The van der Waals surface area contributed by atoms with E-state index in [0.29, 0.717) is 0 Å². The first kappa shape index (κ1) is 11.9. The lowest BCUT2D eigenvalue weighted by Gasteiger charge is -2.11. The molecule has 0 spiro atoms. The van der Waals surface area contributed by atoms with Gasteiger partial charge >= 0.3 is 0 Å². The zero-order valence-electron chi connectivity index (χ0n) is 10.5. The van der Waals surface area contributed by atoms with Crippen molar-refractivity contribution in [1.29, 1.82) is 0 Å². The zero-order valence-corrected chi connectivity index (χ0v) is 11.3. The lowest BCUT2D eigenvalue weighted by atomic mass is 10.1. The minimum atomic E-state index is 0.952. The minimum Gasteiger partial charge on any atom is -0.357 e. The van der Waals surface area contributed by atoms with Crippen LogP contribution in [0.5, 0.6) is 0 Å². The Balaban J connectivity index is 1.83. The first-order valence-corrected chi connectivity index (χ1v) is 6.86. The van der Waals surface area contributed by atoms with Gasteiger partial charge in [-0.2, -0.15) is 5.10 Å². The molecule has 4 heteroatoms. The fourth-order valence-corrected chi connectivity index (χ4v) is 2.54. The van der Waals surface area contributed by atoms with Gasteiger partial charge in [0, 0.05) is 25.0 Å². The van der Waals surface area contributed by atoms with E-state index < -0.39 is 0 Å². The van der Waals surface area contributed by atoms with E-state index in [1.807, 2.05) is 30.4 Å². The fraction of sp³-hybridized carbons (Fsp3) is 0.0667. The van der Waals surface area contributed by atoms with Crippen molar-refractivity contribution in [2.24, 2.45) is 10.2 Å². The van der Waals surface area contributed by atoms with Gasteiger partial charge in [0.05, 0.1) is 11.1 Å². The van der Waals surface area contributed by atoms with Crippen LogP contribution in [-0.4, -0.2) is 23.9 Å². The summed E-state index contributed by atoms with van der Waals surface area (Å²) in [6.07, 6.45) is 14.1. The Morgan fingerprint density at radius 1 is 1.21 bits per heavy atom. The number of nitrogens with zero attached hydrogens (tertiary/aromatic N) is 3. The summed E-state index contributed by atoms with van der Waals surface area (Å²) in [5.41, 5.74) is 3.17. The standard InChI is InChI=1S/C15H13N3S/c1-18-8-6-12(7-9-18)4-5-13-11-16-17-15(13)14-3-2-10-19-14/h2-11H,1H3/b13-5-. The van der Waals surface area contributed by atoms with Crippen molar-refractivity contribution in [2.75, 3.05) is 7.05 Å². The van der Waals surface area contributed by atoms with Crippen molar-refractivity contribution in [2.45, 2.75) is 0 Å². The molecule has 3 rings (SSSR count). The molecule has 0 unspecified atom stereocenters. The third-order valence-electron chi connectivity index (χ3n) is 2.84. The molecule has 19 heavy (non-hydrogen) atoms. The van der Waals surface area contributed by atoms with Crippen LogP contribution in [0.3, 0.4) is 0 Å². The summed E-state index contributed by atoms with van der Waals surface area (Å²) in [5.74, 6) is 0. The van der Waals surface area contributed by atoms with Gasteiger partial charge in [-0.15, -0.1) is 16.4 Å². The molecule has 0 fully saturated rings. The molecule has 0 bridgehead atoms. The van der Waals surface area contributed by atoms with Crippen LogP contribution in [0.2, 0.25) is 0 Å². The van der Waals surface area contributed by atoms with Gasteiger partial charge in [-0.05, 0) is 29.2 Å². The first-order chi connectivity index (χ1) is 9.33. The molecule has 2 aliphatic heterocycles. The highest BCUT2D eigenvalue weighted by Crippen LogP contribution is 2.18. The Morgan fingerprint density at radius 2 is 2.05 bits per heavy atom. The Bertz CT molecular complexity index is 627. The maximum absolute atomic E-state index is 4.19. The molecule has 1 aromatic heterocycles. The molecule has 0 saturated heterocycles. The molecule has 2 aliphatic rings. The fourth-order valence-electron chi connectivity index (χ4n) is 1.80. The lowest BCUT2D eigenvalue weighted by molar-refractivity contribution is 0.620. The van der Waals surface area contributed by atoms with E-state index in [1.165, 1.54) is 0 Å². The monoisotopic (exact) mass is 267 g/mol. The maximum Gasteiger partial charge on any atom is 0.112 e. The summed E-state index contributed by atoms with van der Waals surface area (Å²) in [6, 6.07) is 4.09. The van der Waals surface area contributed by atoms with Crippen molar-refractivity contribution in [3.63, 3.8) is 0 Å². The van der Waals surface area contributed by atoms with Crippen molar-refractivity contribution in [3.8, 4) is 0 Å². The van der Waals surface area contributed by atoms with E-state index in [9.17, 15) is 0 Å². The van der Waals surface area contributed by atoms with Crippen LogP contribution in [0.25, 0.3) is 0 Å². The van der Waals surface area contributed by atoms with E-state index in [2.05, 4.69) is 46.0 Å². The summed E-state index contributed by atoms with van der Waals surface area (Å²) in [4.78, 5) is 3.16. The van der Waals surface area contributed by atoms with E-state index in [4.69, 9.17) is 0 Å². The second-order valence-electron chi connectivity index (χ2n) is 4.26. The van der Waals surface area contributed by atoms with E-state index in [1.54, 1.807) is 17.6 Å². The first-order valence-electron chi connectivity index (χ1n) is 5.98. The van der Waals surface area contributed by atoms with Gasteiger partial charge in [-0.25, -0.2) is 0 Å². The van der Waals surface area contributed by atoms with Gasteiger partial charge in [-0.3, -0.25) is 0 Å². The second-order valence-corrected chi connectivity index (χ2v) is 5.20. The Kier molecular flexibility index (Phi) is 3.25. The van der Waals surface area contributed by atoms with Crippen molar-refractivity contribution >= 4 is 23.3 Å². The molecule has 1 aromatic rings. The third-order valence-corrected chi connectivity index (χ3v) is 3.72. The summed E-state index contributed by atoms with van der Waals surface area (Å²) >= 11 is 1.68. The third kappa shape index (κ3) is 2.63. The number of allylic oxidation sites excluding steroid dienone is 6. The van der Waals surface area contributed by atoms with E-state index in [0.717, 1.165) is 21.7 Å². The Hall–Kier alpha value is -2.20. The Morgan fingerprint density at radius 3 is 2.79 bits per heavy atom. The average Bonchev–Trinajstić information content (AvgIpc) is 3.08. The molecule has 0 saturated carbocycles. The smallest absolute Gasteiger partial charge is 0.112 e. The molecule has 0 aromatic carbocycles. The number of thiophene rings is 1. The highest BCUT2D eigenvalue weighted by atomic mass is 32.1. The normalized spacial score (nSPS) is 19.4. The van der Waals surface area contributed by atoms with Crippen LogP contribution in [0.15, 0.2) is 75.6 Å². The van der Waals surface area contributed by atoms with Gasteiger partial charge in [-0.1, -0.05) is 18.2 Å². The van der Waals surface area contributed by atoms with Crippen LogP contribution < -0.4 is 0 Å². The van der Waals surface area contributed by atoms with Gasteiger partial charge in [0.15, 0.2) is 0 Å². The predicted octanol–water partition coefficient (Wildman–Crippen LogP) is 3.36. The second kappa shape index (κ2) is 5.20. The summed E-state index contributed by atoms with van der Waals surface area (Å²) in [5, 5.41) is 10.2. The molecule has 0 atom stereocenters. The molecule has 3 heterocycles. The molecule has 94 valence electrons. The van der Waals surface area contributed by atoms with Crippen LogP contribution in [0.4, 0.5) is 0 Å². The van der Waals surface area contributed by atoms with Gasteiger partial charge in [0.1, 0.15) is 5.71 Å². The van der Waals surface area contributed by atoms with Crippen LogP contribution >= 0.6 is 11.3 Å². The summed E-state index contributed by atoms with van der Waals surface area (Å²) in [7, 11) is 2.01. The molecular formula is C15H13N3S. The van der Waals surface area contributed by atoms with Gasteiger partial charge < -0.3 is 4.90 Å². The Labute approximate surface area is 116 Å². The number of hydrogen-bond donors (Lipinski definition) is 0. The highest BCUT2D eigenvalue weighted by molar-refractivity contribution is 7.12. The van der Waals surface area contributed by atoms with E-state index >= 15 is 0 Å². The predicted molar refractivity (Wildman–Crippen MR) is 81.6 cm³/mol. The largest absolute Gasteiger partial charge is 0.357 e. The lowest BCUT2D eigenvalue weighted by Crippen LogP contribution is -2.03. The van der Waals surface area contributed by atoms with Gasteiger partial charge in [0.2, 0.25) is 0 Å². The quantitative estimate of drug-likeness (QED) is 0.807. The summed E-state index contributed by atoms with van der Waals surface area (Å²) < 4.78 is 0. The topological polar surface area (TPSA) is 28.0 Å². The average molecular weight is 267 g/mol. The van der Waals surface area contributed by atoms with Crippen LogP contribution in [0, 0.1) is 0 Å². The van der Waals surface area contributed by atoms with Gasteiger partial charge in [0.25, 0.3) is 0 Å². The van der Waals surface area contributed by atoms with E-state index in [-0.39, 0.29) is 0 Å². The molecule has 0 radical (unpaired) electrons. The number of rotatable bonds is 2. The molecule has 0 amide bonds.